The van der Waals surface area contributed by atoms with Gasteiger partial charge in [0.25, 0.3) is 0 Å². The van der Waals surface area contributed by atoms with Crippen LogP contribution in [0.4, 0.5) is 0 Å². The number of rotatable bonds is 3. The molecule has 0 aliphatic rings. The van der Waals surface area contributed by atoms with Gasteiger partial charge in [-0.15, -0.1) is 0 Å². The first-order valence-corrected chi connectivity index (χ1v) is 6.68. The van der Waals surface area contributed by atoms with Gasteiger partial charge in [-0.1, -0.05) is 18.2 Å². The molecule has 0 saturated heterocycles. The molecule has 22 heavy (non-hydrogen) atoms. The Labute approximate surface area is 127 Å². The number of hydrogen-bond donors (Lipinski definition) is 3. The molecule has 0 radical (unpaired) electrons. The zero-order chi connectivity index (χ0) is 15.5. The maximum absolute atomic E-state index is 9.67. The van der Waals surface area contributed by atoms with E-state index in [2.05, 4.69) is 0 Å². The number of phenols is 3. The fraction of sp³-hybridized carbons (Fsp3) is 0. The molecule has 1 aromatic heterocycles. The van der Waals surface area contributed by atoms with Crippen LogP contribution in [0.1, 0.15) is 11.1 Å². The summed E-state index contributed by atoms with van der Waals surface area (Å²) in [4.78, 5) is 0. The Balaban J connectivity index is 2.00. The minimum Gasteiger partial charge on any atom is -0.508 e. The monoisotopic (exact) mass is 294 g/mol. The average Bonchev–Trinajstić information content (AvgIpc) is 2.99. The molecule has 0 aliphatic heterocycles. The summed E-state index contributed by atoms with van der Waals surface area (Å²) < 4.78 is 5.09. The summed E-state index contributed by atoms with van der Waals surface area (Å²) in [6, 6.07) is 11.2. The maximum Gasteiger partial charge on any atom is 0.119 e. The third-order valence-corrected chi connectivity index (χ3v) is 3.25. The van der Waals surface area contributed by atoms with Crippen molar-refractivity contribution in [3.05, 3.63) is 66.1 Å². The Bertz CT molecular complexity index is 797. The molecule has 110 valence electrons. The standard InChI is InChI=1S/C18H14O4/c19-15-4-3-13(18(10-15)14-5-6-22-11-14)2-1-12-7-16(20)9-17(21)8-12/h1-11,19-21H/b2-1+. The van der Waals surface area contributed by atoms with Crippen molar-refractivity contribution in [3.63, 3.8) is 0 Å². The topological polar surface area (TPSA) is 73.8 Å². The zero-order valence-electron chi connectivity index (χ0n) is 11.6. The smallest absolute Gasteiger partial charge is 0.119 e. The fourth-order valence-corrected chi connectivity index (χ4v) is 2.26. The van der Waals surface area contributed by atoms with E-state index in [0.717, 1.165) is 16.7 Å². The summed E-state index contributed by atoms with van der Waals surface area (Å²) in [6.07, 6.45) is 6.79. The van der Waals surface area contributed by atoms with E-state index in [9.17, 15) is 15.3 Å². The Kier molecular flexibility index (Phi) is 3.58. The molecular formula is C18H14O4. The van der Waals surface area contributed by atoms with Crippen LogP contribution in [0, 0.1) is 0 Å². The average molecular weight is 294 g/mol. The summed E-state index contributed by atoms with van der Waals surface area (Å²) in [6.45, 7) is 0. The molecule has 1 heterocycles. The lowest BCUT2D eigenvalue weighted by atomic mass is 10.0. The van der Waals surface area contributed by atoms with Crippen LogP contribution in [0.3, 0.4) is 0 Å². The van der Waals surface area contributed by atoms with Gasteiger partial charge >= 0.3 is 0 Å². The van der Waals surface area contributed by atoms with E-state index in [-0.39, 0.29) is 17.2 Å². The van der Waals surface area contributed by atoms with Crippen molar-refractivity contribution in [2.45, 2.75) is 0 Å². The molecule has 3 rings (SSSR count). The van der Waals surface area contributed by atoms with Gasteiger partial charge in [0, 0.05) is 11.6 Å². The summed E-state index contributed by atoms with van der Waals surface area (Å²) in [5.74, 6) is 0.171. The van der Waals surface area contributed by atoms with Crippen LogP contribution in [-0.2, 0) is 0 Å². The lowest BCUT2D eigenvalue weighted by Gasteiger charge is -2.05. The lowest BCUT2D eigenvalue weighted by Crippen LogP contribution is -1.81. The van der Waals surface area contributed by atoms with Crippen LogP contribution >= 0.6 is 0 Å². The fourth-order valence-electron chi connectivity index (χ4n) is 2.26. The van der Waals surface area contributed by atoms with Gasteiger partial charge in [-0.25, -0.2) is 0 Å². The van der Waals surface area contributed by atoms with E-state index >= 15 is 0 Å². The van der Waals surface area contributed by atoms with Crippen LogP contribution in [0.2, 0.25) is 0 Å². The van der Waals surface area contributed by atoms with Crippen LogP contribution < -0.4 is 0 Å². The SMILES string of the molecule is Oc1cc(O)cc(/C=C/c2ccc(O)cc2-c2ccoc2)c1. The highest BCUT2D eigenvalue weighted by molar-refractivity contribution is 5.81. The van der Waals surface area contributed by atoms with Gasteiger partial charge in [0.2, 0.25) is 0 Å². The van der Waals surface area contributed by atoms with E-state index in [1.807, 2.05) is 12.1 Å². The van der Waals surface area contributed by atoms with Crippen molar-refractivity contribution in [1.29, 1.82) is 0 Å². The molecule has 0 spiro atoms. The summed E-state index contributed by atoms with van der Waals surface area (Å²) in [5.41, 5.74) is 3.23. The molecule has 0 atom stereocenters. The molecule has 4 nitrogen and oxygen atoms in total. The number of furan rings is 1. The van der Waals surface area contributed by atoms with Gasteiger partial charge in [-0.2, -0.15) is 0 Å². The molecular weight excluding hydrogens is 280 g/mol. The van der Waals surface area contributed by atoms with Crippen molar-refractivity contribution in [3.8, 4) is 28.4 Å². The first-order chi connectivity index (χ1) is 10.6. The van der Waals surface area contributed by atoms with Gasteiger partial charge in [-0.3, -0.25) is 0 Å². The molecule has 0 amide bonds. The molecule has 0 unspecified atom stereocenters. The molecule has 2 aromatic carbocycles. The van der Waals surface area contributed by atoms with Gasteiger partial charge < -0.3 is 19.7 Å². The summed E-state index contributed by atoms with van der Waals surface area (Å²) in [5, 5.41) is 28.7. The van der Waals surface area contributed by atoms with Crippen molar-refractivity contribution in [1.82, 2.24) is 0 Å². The highest BCUT2D eigenvalue weighted by atomic mass is 16.3. The molecule has 3 aromatic rings. The number of aromatic hydroxyl groups is 3. The normalized spacial score (nSPS) is 11.1. The number of phenolic OH excluding ortho intramolecular Hbond substituents is 3. The van der Waals surface area contributed by atoms with E-state index in [1.165, 1.54) is 6.07 Å². The van der Waals surface area contributed by atoms with Gasteiger partial charge in [-0.05, 0) is 47.0 Å². The molecule has 0 saturated carbocycles. The first kappa shape index (κ1) is 13.8. The second-order valence-electron chi connectivity index (χ2n) is 4.90. The quantitative estimate of drug-likeness (QED) is 0.632. The Morgan fingerprint density at radius 2 is 1.55 bits per heavy atom. The minimum atomic E-state index is 0.000383. The third kappa shape index (κ3) is 2.96. The van der Waals surface area contributed by atoms with Crippen molar-refractivity contribution >= 4 is 12.2 Å². The largest absolute Gasteiger partial charge is 0.508 e. The zero-order valence-corrected chi connectivity index (χ0v) is 11.6. The van der Waals surface area contributed by atoms with Crippen molar-refractivity contribution in [2.24, 2.45) is 0 Å². The van der Waals surface area contributed by atoms with E-state index in [0.29, 0.717) is 5.56 Å². The highest BCUT2D eigenvalue weighted by Gasteiger charge is 2.06. The highest BCUT2D eigenvalue weighted by Crippen LogP contribution is 2.30. The van der Waals surface area contributed by atoms with Gasteiger partial charge in [0.05, 0.1) is 12.5 Å². The van der Waals surface area contributed by atoms with Crippen LogP contribution in [0.5, 0.6) is 17.2 Å². The molecule has 0 bridgehead atoms. The summed E-state index contributed by atoms with van der Waals surface area (Å²) >= 11 is 0. The molecule has 4 heteroatoms. The Morgan fingerprint density at radius 1 is 0.773 bits per heavy atom. The number of benzene rings is 2. The molecule has 0 fully saturated rings. The number of hydrogen-bond acceptors (Lipinski definition) is 4. The van der Waals surface area contributed by atoms with Crippen LogP contribution in [0.25, 0.3) is 23.3 Å². The van der Waals surface area contributed by atoms with E-state index in [1.54, 1.807) is 48.9 Å². The lowest BCUT2D eigenvalue weighted by molar-refractivity contribution is 0.450. The molecule has 0 aliphatic carbocycles. The van der Waals surface area contributed by atoms with Gasteiger partial charge in [0.15, 0.2) is 0 Å². The van der Waals surface area contributed by atoms with E-state index in [4.69, 9.17) is 4.42 Å². The summed E-state index contributed by atoms with van der Waals surface area (Å²) in [7, 11) is 0. The third-order valence-electron chi connectivity index (χ3n) is 3.25. The van der Waals surface area contributed by atoms with Crippen molar-refractivity contribution < 1.29 is 19.7 Å². The van der Waals surface area contributed by atoms with Crippen LogP contribution in [0.15, 0.2) is 59.4 Å². The van der Waals surface area contributed by atoms with Crippen LogP contribution in [-0.4, -0.2) is 15.3 Å². The van der Waals surface area contributed by atoms with Crippen molar-refractivity contribution in [2.75, 3.05) is 0 Å². The van der Waals surface area contributed by atoms with E-state index < -0.39 is 0 Å². The molecule has 3 N–H and O–H groups in total. The second-order valence-corrected chi connectivity index (χ2v) is 4.90. The second kappa shape index (κ2) is 5.69. The predicted molar refractivity (Wildman–Crippen MR) is 84.5 cm³/mol. The van der Waals surface area contributed by atoms with Gasteiger partial charge in [0.1, 0.15) is 17.2 Å². The Hall–Kier alpha value is -3.14. The Morgan fingerprint density at radius 3 is 2.23 bits per heavy atom. The first-order valence-electron chi connectivity index (χ1n) is 6.68. The predicted octanol–water partition coefficient (Wildman–Crippen LogP) is 4.23. The minimum absolute atomic E-state index is 0.000383. The maximum atomic E-state index is 9.67.